The fourth-order valence-electron chi connectivity index (χ4n) is 3.82. The van der Waals surface area contributed by atoms with Crippen molar-refractivity contribution in [2.75, 3.05) is 17.6 Å². The van der Waals surface area contributed by atoms with E-state index in [0.29, 0.717) is 41.5 Å². The lowest BCUT2D eigenvalue weighted by Crippen LogP contribution is -2.36. The number of anilines is 1. The number of hydrogen-bond acceptors (Lipinski definition) is 6. The number of fused-ring (bicyclic) bond motifs is 1. The number of rotatable bonds is 7. The molecule has 2 aliphatic rings. The Bertz CT molecular complexity index is 982. The molecule has 4 rings (SSSR count). The summed E-state index contributed by atoms with van der Waals surface area (Å²) < 4.78 is 0. The largest absolute Gasteiger partial charge is 0.338 e. The van der Waals surface area contributed by atoms with Crippen molar-refractivity contribution < 1.29 is 9.59 Å². The number of benzene rings is 1. The van der Waals surface area contributed by atoms with Gasteiger partial charge in [0.2, 0.25) is 11.9 Å². The average molecular weight is 512 g/mol. The van der Waals surface area contributed by atoms with E-state index in [2.05, 4.69) is 15.3 Å². The van der Waals surface area contributed by atoms with Gasteiger partial charge in [0.25, 0.3) is 5.91 Å². The summed E-state index contributed by atoms with van der Waals surface area (Å²) in [6.07, 6.45) is 7.48. The monoisotopic (exact) mass is 510 g/mol. The fraction of sp³-hybridized carbons (Fsp3) is 0.455. The SMILES string of the molecule is O=C(Nc1ncc2c(n1)CCN(C(=O)CCCCC1CCSS1)C2)c1cc(Cl)cc(Cl)c1. The van der Waals surface area contributed by atoms with Gasteiger partial charge in [0.1, 0.15) is 0 Å². The van der Waals surface area contributed by atoms with Gasteiger partial charge in [-0.2, -0.15) is 0 Å². The molecule has 0 spiro atoms. The summed E-state index contributed by atoms with van der Waals surface area (Å²) in [7, 11) is 3.96. The molecule has 1 atom stereocenters. The number of halogens is 2. The normalized spacial score (nSPS) is 17.8. The van der Waals surface area contributed by atoms with Gasteiger partial charge in [-0.05, 0) is 37.5 Å². The summed E-state index contributed by atoms with van der Waals surface area (Å²) in [6, 6.07) is 4.64. The molecule has 170 valence electrons. The molecule has 2 aliphatic heterocycles. The van der Waals surface area contributed by atoms with Crippen molar-refractivity contribution in [3.63, 3.8) is 0 Å². The molecule has 1 N–H and O–H groups in total. The summed E-state index contributed by atoms with van der Waals surface area (Å²) in [5.41, 5.74) is 2.12. The van der Waals surface area contributed by atoms with Crippen molar-refractivity contribution in [2.24, 2.45) is 0 Å². The molecule has 0 saturated carbocycles. The smallest absolute Gasteiger partial charge is 0.258 e. The highest BCUT2D eigenvalue weighted by Gasteiger charge is 2.23. The van der Waals surface area contributed by atoms with E-state index < -0.39 is 0 Å². The number of aromatic nitrogens is 2. The van der Waals surface area contributed by atoms with Crippen LogP contribution in [0.5, 0.6) is 0 Å². The Kier molecular flexibility index (Phi) is 8.21. The molecule has 0 radical (unpaired) electrons. The number of nitrogens with one attached hydrogen (secondary N) is 1. The van der Waals surface area contributed by atoms with Crippen LogP contribution in [0.4, 0.5) is 5.95 Å². The second-order valence-corrected chi connectivity index (χ2v) is 11.6. The van der Waals surface area contributed by atoms with Crippen LogP contribution in [0.15, 0.2) is 24.4 Å². The lowest BCUT2D eigenvalue weighted by atomic mass is 10.1. The Morgan fingerprint density at radius 2 is 2.00 bits per heavy atom. The Hall–Kier alpha value is -1.48. The maximum absolute atomic E-state index is 12.6. The first kappa shape index (κ1) is 23.7. The summed E-state index contributed by atoms with van der Waals surface area (Å²) in [5.74, 6) is 1.30. The number of unbranched alkanes of at least 4 members (excludes halogenated alkanes) is 1. The molecule has 2 amide bonds. The molecule has 2 aromatic rings. The topological polar surface area (TPSA) is 75.2 Å². The predicted octanol–water partition coefficient (Wildman–Crippen LogP) is 5.63. The van der Waals surface area contributed by atoms with E-state index in [9.17, 15) is 9.59 Å². The van der Waals surface area contributed by atoms with Gasteiger partial charge >= 0.3 is 0 Å². The summed E-state index contributed by atoms with van der Waals surface area (Å²) in [5, 5.41) is 4.22. The first-order chi connectivity index (χ1) is 15.5. The van der Waals surface area contributed by atoms with E-state index in [-0.39, 0.29) is 17.8 Å². The molecule has 6 nitrogen and oxygen atoms in total. The van der Waals surface area contributed by atoms with Crippen molar-refractivity contribution in [3.8, 4) is 0 Å². The van der Waals surface area contributed by atoms with Crippen molar-refractivity contribution in [1.82, 2.24) is 14.9 Å². The summed E-state index contributed by atoms with van der Waals surface area (Å²) in [4.78, 5) is 35.7. The van der Waals surface area contributed by atoms with Crippen LogP contribution in [0.1, 0.15) is 53.7 Å². The number of carbonyl (C=O) groups excluding carboxylic acids is 2. The minimum atomic E-state index is -0.378. The van der Waals surface area contributed by atoms with E-state index >= 15 is 0 Å². The zero-order valence-corrected chi connectivity index (χ0v) is 20.6. The fourth-order valence-corrected chi connectivity index (χ4v) is 7.37. The van der Waals surface area contributed by atoms with Gasteiger partial charge in [-0.25, -0.2) is 9.97 Å². The van der Waals surface area contributed by atoms with Gasteiger partial charge in [-0.3, -0.25) is 14.9 Å². The van der Waals surface area contributed by atoms with Crippen LogP contribution >= 0.6 is 44.8 Å². The number of hydrogen-bond donors (Lipinski definition) is 1. The minimum Gasteiger partial charge on any atom is -0.338 e. The summed E-state index contributed by atoms with van der Waals surface area (Å²) >= 11 is 11.9. The molecule has 3 heterocycles. The molecule has 0 bridgehead atoms. The second kappa shape index (κ2) is 11.1. The Labute approximate surface area is 205 Å². The molecule has 1 unspecified atom stereocenters. The predicted molar refractivity (Wildman–Crippen MR) is 132 cm³/mol. The number of carbonyl (C=O) groups is 2. The standard InChI is InChI=1S/C22H24Cl2N4O2S2/c23-16-9-14(10-17(24)11-16)21(30)27-22-25-12-15-13-28(7-5-19(15)26-22)20(29)4-2-1-3-18-6-8-31-32-18/h9-12,18H,1-8,13H2,(H,25,26,27,30). The van der Waals surface area contributed by atoms with Crippen molar-refractivity contribution in [2.45, 2.75) is 50.3 Å². The molecular weight excluding hydrogens is 487 g/mol. The number of amides is 2. The minimum absolute atomic E-state index is 0.194. The van der Waals surface area contributed by atoms with Crippen LogP contribution < -0.4 is 5.32 Å². The van der Waals surface area contributed by atoms with Gasteiger partial charge in [0, 0.05) is 64.3 Å². The van der Waals surface area contributed by atoms with E-state index in [1.54, 1.807) is 12.3 Å². The van der Waals surface area contributed by atoms with Crippen LogP contribution in [-0.4, -0.2) is 44.2 Å². The number of nitrogens with zero attached hydrogens (tertiary/aromatic N) is 3. The van der Waals surface area contributed by atoms with Crippen LogP contribution in [-0.2, 0) is 17.8 Å². The van der Waals surface area contributed by atoms with Gasteiger partial charge < -0.3 is 4.90 Å². The summed E-state index contributed by atoms with van der Waals surface area (Å²) in [6.45, 7) is 1.15. The molecule has 1 fully saturated rings. The van der Waals surface area contributed by atoms with Crippen molar-refractivity contribution in [3.05, 3.63) is 51.3 Å². The van der Waals surface area contributed by atoms with Crippen molar-refractivity contribution in [1.29, 1.82) is 0 Å². The van der Waals surface area contributed by atoms with E-state index in [0.717, 1.165) is 29.3 Å². The van der Waals surface area contributed by atoms with Gasteiger partial charge in [-0.15, -0.1) is 0 Å². The van der Waals surface area contributed by atoms with Gasteiger partial charge in [0.05, 0.1) is 5.69 Å². The van der Waals surface area contributed by atoms with Crippen LogP contribution in [0.3, 0.4) is 0 Å². The van der Waals surface area contributed by atoms with E-state index in [1.165, 1.54) is 30.7 Å². The van der Waals surface area contributed by atoms with E-state index in [4.69, 9.17) is 23.2 Å². The molecule has 1 aromatic carbocycles. The lowest BCUT2D eigenvalue weighted by molar-refractivity contribution is -0.132. The maximum Gasteiger partial charge on any atom is 0.258 e. The van der Waals surface area contributed by atoms with Crippen LogP contribution in [0, 0.1) is 0 Å². The maximum atomic E-state index is 12.6. The van der Waals surface area contributed by atoms with E-state index in [1.807, 2.05) is 26.5 Å². The molecule has 32 heavy (non-hydrogen) atoms. The highest BCUT2D eigenvalue weighted by atomic mass is 35.5. The average Bonchev–Trinajstić information content (AvgIpc) is 3.29. The molecule has 1 aromatic heterocycles. The Morgan fingerprint density at radius 1 is 1.19 bits per heavy atom. The molecular formula is C22H24Cl2N4O2S2. The van der Waals surface area contributed by atoms with Gasteiger partial charge in [-0.1, -0.05) is 51.2 Å². The van der Waals surface area contributed by atoms with Crippen LogP contribution in [0.25, 0.3) is 0 Å². The van der Waals surface area contributed by atoms with Gasteiger partial charge in [0.15, 0.2) is 0 Å². The molecule has 1 saturated heterocycles. The third kappa shape index (κ3) is 6.31. The highest BCUT2D eigenvalue weighted by Crippen LogP contribution is 2.39. The zero-order valence-electron chi connectivity index (χ0n) is 17.5. The third-order valence-corrected chi connectivity index (χ3v) is 8.97. The second-order valence-electron chi connectivity index (χ2n) is 7.92. The highest BCUT2D eigenvalue weighted by molar-refractivity contribution is 8.77. The molecule has 10 heteroatoms. The molecule has 0 aliphatic carbocycles. The first-order valence-electron chi connectivity index (χ1n) is 10.7. The quantitative estimate of drug-likeness (QED) is 0.383. The van der Waals surface area contributed by atoms with Crippen molar-refractivity contribution >= 4 is 62.6 Å². The Morgan fingerprint density at radius 3 is 2.75 bits per heavy atom. The third-order valence-electron chi connectivity index (χ3n) is 5.53. The first-order valence-corrected chi connectivity index (χ1v) is 13.8. The lowest BCUT2D eigenvalue weighted by Gasteiger charge is -2.28. The van der Waals surface area contributed by atoms with Crippen LogP contribution in [0.2, 0.25) is 10.0 Å². The zero-order chi connectivity index (χ0) is 22.5. The Balaban J connectivity index is 1.29.